The van der Waals surface area contributed by atoms with Crippen LogP contribution < -0.4 is 4.74 Å². The van der Waals surface area contributed by atoms with Crippen LogP contribution in [0.15, 0.2) is 17.5 Å². The van der Waals surface area contributed by atoms with Crippen molar-refractivity contribution in [2.24, 2.45) is 0 Å². The molecule has 0 radical (unpaired) electrons. The Labute approximate surface area is 154 Å². The Balaban J connectivity index is 1.53. The minimum absolute atomic E-state index is 0.0688. The maximum absolute atomic E-state index is 12.5. The Morgan fingerprint density at radius 1 is 1.32 bits per heavy atom. The van der Waals surface area contributed by atoms with Crippen LogP contribution >= 0.6 is 22.7 Å². The monoisotopic (exact) mass is 375 g/mol. The highest BCUT2D eigenvalue weighted by Crippen LogP contribution is 2.38. The number of thiophene rings is 1. The van der Waals surface area contributed by atoms with Crippen molar-refractivity contribution in [3.8, 4) is 5.75 Å². The van der Waals surface area contributed by atoms with Crippen molar-refractivity contribution in [2.75, 3.05) is 39.8 Å². The van der Waals surface area contributed by atoms with Gasteiger partial charge < -0.3 is 14.5 Å². The fourth-order valence-electron chi connectivity index (χ4n) is 3.23. The Morgan fingerprint density at radius 2 is 2.20 bits per heavy atom. The van der Waals surface area contributed by atoms with Crippen molar-refractivity contribution >= 4 is 48.9 Å². The van der Waals surface area contributed by atoms with Crippen LogP contribution in [0.4, 0.5) is 0 Å². The lowest BCUT2D eigenvalue weighted by Gasteiger charge is -2.20. The fourth-order valence-corrected chi connectivity index (χ4v) is 5.07. The molecule has 0 aliphatic carbocycles. The standard InChI is InChI=1S/C18H21N3O2S2/c1-12-19-17-15(25-12)10-14(13-4-9-24-18(13)17)23-11-16(22)21-6-3-5-20(2)7-8-21/h4,9-10H,3,5-8,11H2,1-2H3. The number of aryl methyl sites for hydroxylation is 1. The Morgan fingerprint density at radius 3 is 3.08 bits per heavy atom. The lowest BCUT2D eigenvalue weighted by atomic mass is 10.2. The number of hydrogen-bond donors (Lipinski definition) is 0. The number of rotatable bonds is 3. The number of ether oxygens (including phenoxy) is 1. The normalized spacial score (nSPS) is 16.5. The molecule has 132 valence electrons. The molecular formula is C18H21N3O2S2. The van der Waals surface area contributed by atoms with Crippen molar-refractivity contribution in [1.82, 2.24) is 14.8 Å². The average Bonchev–Trinajstić information content (AvgIpc) is 3.15. The molecule has 0 N–H and O–H groups in total. The Bertz CT molecular complexity index is 918. The van der Waals surface area contributed by atoms with Crippen LogP contribution in [0.3, 0.4) is 0 Å². The van der Waals surface area contributed by atoms with Gasteiger partial charge in [-0.15, -0.1) is 22.7 Å². The number of thiazole rings is 1. The summed E-state index contributed by atoms with van der Waals surface area (Å²) in [5, 5.41) is 4.15. The van der Waals surface area contributed by atoms with Crippen LogP contribution in [0.1, 0.15) is 11.4 Å². The third kappa shape index (κ3) is 3.36. The Kier molecular flexibility index (Phi) is 4.62. The molecule has 25 heavy (non-hydrogen) atoms. The second-order valence-electron chi connectivity index (χ2n) is 6.44. The molecule has 1 aromatic carbocycles. The Hall–Kier alpha value is -1.70. The molecule has 0 atom stereocenters. The molecule has 4 rings (SSSR count). The average molecular weight is 376 g/mol. The first kappa shape index (κ1) is 16.8. The van der Waals surface area contributed by atoms with Crippen molar-refractivity contribution in [2.45, 2.75) is 13.3 Å². The van der Waals surface area contributed by atoms with Gasteiger partial charge in [-0.3, -0.25) is 4.79 Å². The van der Waals surface area contributed by atoms with E-state index in [1.165, 1.54) is 0 Å². The zero-order valence-electron chi connectivity index (χ0n) is 14.4. The molecule has 0 spiro atoms. The summed E-state index contributed by atoms with van der Waals surface area (Å²) in [6.45, 7) is 5.67. The molecule has 1 saturated heterocycles. The van der Waals surface area contributed by atoms with Crippen LogP contribution in [0, 0.1) is 6.92 Å². The van der Waals surface area contributed by atoms with E-state index in [0.29, 0.717) is 0 Å². The van der Waals surface area contributed by atoms with Gasteiger partial charge in [-0.05, 0) is 38.4 Å². The zero-order valence-corrected chi connectivity index (χ0v) is 16.1. The topological polar surface area (TPSA) is 45.7 Å². The number of fused-ring (bicyclic) bond motifs is 3. The predicted octanol–water partition coefficient (Wildman–Crippen LogP) is 3.36. The molecule has 3 aromatic rings. The van der Waals surface area contributed by atoms with Crippen molar-refractivity contribution in [1.29, 1.82) is 0 Å². The molecule has 1 aliphatic rings. The van der Waals surface area contributed by atoms with E-state index < -0.39 is 0 Å². The summed E-state index contributed by atoms with van der Waals surface area (Å²) in [5.74, 6) is 0.854. The van der Waals surface area contributed by atoms with Gasteiger partial charge in [0.05, 0.1) is 19.9 Å². The third-order valence-electron chi connectivity index (χ3n) is 4.59. The maximum Gasteiger partial charge on any atom is 0.260 e. The van der Waals surface area contributed by atoms with E-state index in [9.17, 15) is 4.79 Å². The van der Waals surface area contributed by atoms with E-state index in [-0.39, 0.29) is 12.5 Å². The van der Waals surface area contributed by atoms with Crippen LogP contribution in [-0.2, 0) is 4.79 Å². The number of aromatic nitrogens is 1. The van der Waals surface area contributed by atoms with Gasteiger partial charge in [-0.25, -0.2) is 4.98 Å². The zero-order chi connectivity index (χ0) is 17.4. The third-order valence-corrected chi connectivity index (χ3v) is 6.43. The molecule has 0 bridgehead atoms. The molecule has 1 aliphatic heterocycles. The van der Waals surface area contributed by atoms with Gasteiger partial charge in [-0.1, -0.05) is 0 Å². The summed E-state index contributed by atoms with van der Waals surface area (Å²) in [7, 11) is 2.10. The van der Waals surface area contributed by atoms with Crippen molar-refractivity contribution in [3.05, 3.63) is 22.5 Å². The van der Waals surface area contributed by atoms with Crippen LogP contribution in [-0.4, -0.2) is 60.5 Å². The number of likely N-dealkylation sites (N-methyl/N-ethyl adjacent to an activating group) is 1. The van der Waals surface area contributed by atoms with Gasteiger partial charge in [0.2, 0.25) is 0 Å². The number of carbonyl (C=O) groups excluding carboxylic acids is 1. The minimum Gasteiger partial charge on any atom is -0.483 e. The SMILES string of the molecule is Cc1nc2c(cc(OCC(=O)N3CCCN(C)CC3)c3ccsc32)s1. The van der Waals surface area contributed by atoms with Gasteiger partial charge in [0.15, 0.2) is 6.61 Å². The van der Waals surface area contributed by atoms with Crippen molar-refractivity contribution in [3.63, 3.8) is 0 Å². The minimum atomic E-state index is 0.0688. The number of amides is 1. The lowest BCUT2D eigenvalue weighted by molar-refractivity contribution is -0.133. The molecule has 5 nitrogen and oxygen atoms in total. The summed E-state index contributed by atoms with van der Waals surface area (Å²) in [4.78, 5) is 21.4. The highest BCUT2D eigenvalue weighted by molar-refractivity contribution is 7.21. The number of benzene rings is 1. The van der Waals surface area contributed by atoms with Gasteiger partial charge in [0.1, 0.15) is 5.75 Å². The summed E-state index contributed by atoms with van der Waals surface area (Å²) in [6, 6.07) is 4.08. The summed E-state index contributed by atoms with van der Waals surface area (Å²) in [5.41, 5.74) is 1.04. The largest absolute Gasteiger partial charge is 0.483 e. The molecule has 0 saturated carbocycles. The second kappa shape index (κ2) is 6.90. The smallest absolute Gasteiger partial charge is 0.260 e. The number of carbonyl (C=O) groups is 1. The maximum atomic E-state index is 12.5. The molecule has 2 aromatic heterocycles. The molecule has 3 heterocycles. The van der Waals surface area contributed by atoms with E-state index in [4.69, 9.17) is 4.74 Å². The summed E-state index contributed by atoms with van der Waals surface area (Å²) < 4.78 is 8.21. The van der Waals surface area contributed by atoms with Gasteiger partial charge >= 0.3 is 0 Å². The van der Waals surface area contributed by atoms with E-state index in [0.717, 1.165) is 63.7 Å². The molecule has 1 fully saturated rings. The summed E-state index contributed by atoms with van der Waals surface area (Å²) >= 11 is 3.34. The fraction of sp³-hybridized carbons (Fsp3) is 0.444. The van der Waals surface area contributed by atoms with Crippen LogP contribution in [0.5, 0.6) is 5.75 Å². The first-order valence-corrected chi connectivity index (χ1v) is 10.2. The molecular weight excluding hydrogens is 354 g/mol. The van der Waals surface area contributed by atoms with Gasteiger partial charge in [0, 0.05) is 31.1 Å². The molecule has 0 unspecified atom stereocenters. The van der Waals surface area contributed by atoms with E-state index >= 15 is 0 Å². The molecule has 1 amide bonds. The van der Waals surface area contributed by atoms with Gasteiger partial charge in [0.25, 0.3) is 5.91 Å². The predicted molar refractivity (Wildman–Crippen MR) is 104 cm³/mol. The van der Waals surface area contributed by atoms with Crippen molar-refractivity contribution < 1.29 is 9.53 Å². The second-order valence-corrected chi connectivity index (χ2v) is 8.59. The first-order valence-electron chi connectivity index (χ1n) is 8.48. The summed E-state index contributed by atoms with van der Waals surface area (Å²) in [6.07, 6.45) is 1.02. The first-order chi connectivity index (χ1) is 12.1. The highest BCUT2D eigenvalue weighted by atomic mass is 32.1. The lowest BCUT2D eigenvalue weighted by Crippen LogP contribution is -2.37. The quantitative estimate of drug-likeness (QED) is 0.704. The van der Waals surface area contributed by atoms with E-state index in [1.807, 2.05) is 17.9 Å². The van der Waals surface area contributed by atoms with E-state index in [2.05, 4.69) is 28.4 Å². The van der Waals surface area contributed by atoms with Crippen LogP contribution in [0.25, 0.3) is 20.3 Å². The number of hydrogen-bond acceptors (Lipinski definition) is 6. The van der Waals surface area contributed by atoms with Gasteiger partial charge in [-0.2, -0.15) is 0 Å². The molecule has 7 heteroatoms. The highest BCUT2D eigenvalue weighted by Gasteiger charge is 2.19. The van der Waals surface area contributed by atoms with E-state index in [1.54, 1.807) is 22.7 Å². The number of nitrogens with zero attached hydrogens (tertiary/aromatic N) is 3. The van der Waals surface area contributed by atoms with Crippen LogP contribution in [0.2, 0.25) is 0 Å².